The standard InChI is InChI=1S/C6HF4.C4H9.Sn/c7-3-1-4(8)6(10)2-5(3)9;1-3-4-2;/h1H;1,3-4H2,2H3;. The SMILES string of the molecule is CCC[CH2][Sn][c]1c(F)c(F)cc(F)c1F. The van der Waals surface area contributed by atoms with Crippen molar-refractivity contribution in [3.8, 4) is 0 Å². The van der Waals surface area contributed by atoms with E-state index >= 15 is 0 Å². The third-order valence-electron chi connectivity index (χ3n) is 1.94. The van der Waals surface area contributed by atoms with Crippen LogP contribution in [0.2, 0.25) is 4.44 Å². The fraction of sp³-hybridized carbons (Fsp3) is 0.400. The number of halogens is 4. The van der Waals surface area contributed by atoms with E-state index in [4.69, 9.17) is 0 Å². The molecule has 82 valence electrons. The zero-order valence-corrected chi connectivity index (χ0v) is 11.1. The van der Waals surface area contributed by atoms with E-state index in [1.807, 2.05) is 6.92 Å². The molecule has 0 saturated heterocycles. The second-order valence-electron chi connectivity index (χ2n) is 3.12. The number of benzene rings is 1. The molecule has 0 N–H and O–H groups in total. The maximum atomic E-state index is 13.1. The first-order valence-electron chi connectivity index (χ1n) is 4.64. The van der Waals surface area contributed by atoms with Crippen LogP contribution in [0.15, 0.2) is 6.07 Å². The molecule has 0 spiro atoms. The van der Waals surface area contributed by atoms with Gasteiger partial charge in [-0.1, -0.05) is 0 Å². The molecule has 0 amide bonds. The molecule has 2 radical (unpaired) electrons. The molecule has 15 heavy (non-hydrogen) atoms. The van der Waals surface area contributed by atoms with Crippen molar-refractivity contribution in [1.82, 2.24) is 0 Å². The Hall–Kier alpha value is -0.261. The molecule has 0 nitrogen and oxygen atoms in total. The van der Waals surface area contributed by atoms with E-state index in [1.165, 1.54) is 0 Å². The Labute approximate surface area is 95.9 Å². The second kappa shape index (κ2) is 5.72. The molecule has 0 atom stereocenters. The van der Waals surface area contributed by atoms with Gasteiger partial charge in [0.1, 0.15) is 0 Å². The van der Waals surface area contributed by atoms with Crippen LogP contribution in [0.3, 0.4) is 0 Å². The Morgan fingerprint density at radius 1 is 1.07 bits per heavy atom. The van der Waals surface area contributed by atoms with Crippen molar-refractivity contribution in [1.29, 1.82) is 0 Å². The molecule has 0 aromatic heterocycles. The summed E-state index contributed by atoms with van der Waals surface area (Å²) >= 11 is -1.54. The van der Waals surface area contributed by atoms with E-state index < -0.39 is 44.4 Å². The van der Waals surface area contributed by atoms with Crippen LogP contribution in [0.25, 0.3) is 0 Å². The number of rotatable bonds is 4. The van der Waals surface area contributed by atoms with Gasteiger partial charge in [-0.3, -0.25) is 0 Å². The Kier molecular flexibility index (Phi) is 4.89. The van der Waals surface area contributed by atoms with E-state index in [0.29, 0.717) is 4.44 Å². The molecule has 0 bridgehead atoms. The number of hydrogen-bond donors (Lipinski definition) is 0. The first kappa shape index (κ1) is 12.8. The zero-order valence-electron chi connectivity index (χ0n) is 8.21. The monoisotopic (exact) mass is 326 g/mol. The fourth-order valence-corrected chi connectivity index (χ4v) is 4.91. The van der Waals surface area contributed by atoms with Gasteiger partial charge in [-0.25, -0.2) is 0 Å². The van der Waals surface area contributed by atoms with Gasteiger partial charge >= 0.3 is 95.8 Å². The second-order valence-corrected chi connectivity index (χ2v) is 6.99. The van der Waals surface area contributed by atoms with Crippen LogP contribution < -0.4 is 3.58 Å². The average Bonchev–Trinajstić information content (AvgIpc) is 2.20. The van der Waals surface area contributed by atoms with Gasteiger partial charge in [0.15, 0.2) is 0 Å². The van der Waals surface area contributed by atoms with Gasteiger partial charge in [0.2, 0.25) is 0 Å². The summed E-state index contributed by atoms with van der Waals surface area (Å²) in [6, 6.07) is 0.257. The molecule has 1 rings (SSSR count). The van der Waals surface area contributed by atoms with Crippen molar-refractivity contribution < 1.29 is 17.6 Å². The van der Waals surface area contributed by atoms with Crippen LogP contribution in [-0.2, 0) is 0 Å². The first-order valence-corrected chi connectivity index (χ1v) is 8.09. The quantitative estimate of drug-likeness (QED) is 0.346. The molecule has 0 aliphatic carbocycles. The van der Waals surface area contributed by atoms with Crippen molar-refractivity contribution in [3.63, 3.8) is 0 Å². The summed E-state index contributed by atoms with van der Waals surface area (Å²) in [5, 5.41) is 0. The fourth-order valence-electron chi connectivity index (χ4n) is 1.12. The van der Waals surface area contributed by atoms with Gasteiger partial charge in [-0.2, -0.15) is 0 Å². The molecule has 0 heterocycles. The van der Waals surface area contributed by atoms with Crippen LogP contribution in [0.1, 0.15) is 19.8 Å². The van der Waals surface area contributed by atoms with Crippen LogP contribution >= 0.6 is 0 Å². The van der Waals surface area contributed by atoms with E-state index in [0.717, 1.165) is 12.8 Å². The zero-order chi connectivity index (χ0) is 11.4. The van der Waals surface area contributed by atoms with E-state index in [2.05, 4.69) is 0 Å². The molecule has 5 heteroatoms. The summed E-state index contributed by atoms with van der Waals surface area (Å²) in [4.78, 5) is 0. The minimum absolute atomic E-state index is 0.257. The van der Waals surface area contributed by atoms with Crippen LogP contribution in [-0.4, -0.2) is 21.1 Å². The third-order valence-corrected chi connectivity index (χ3v) is 5.93. The van der Waals surface area contributed by atoms with Crippen LogP contribution in [0.4, 0.5) is 17.6 Å². The normalized spacial score (nSPS) is 10.7. The minimum atomic E-state index is -1.54. The third kappa shape index (κ3) is 3.09. The van der Waals surface area contributed by atoms with Gasteiger partial charge in [0.25, 0.3) is 0 Å². The Morgan fingerprint density at radius 2 is 1.60 bits per heavy atom. The van der Waals surface area contributed by atoms with Gasteiger partial charge in [-0.15, -0.1) is 0 Å². The summed E-state index contributed by atoms with van der Waals surface area (Å²) in [6.07, 6.45) is 1.77. The van der Waals surface area contributed by atoms with Crippen molar-refractivity contribution in [2.75, 3.05) is 0 Å². The first-order chi connectivity index (χ1) is 7.07. The topological polar surface area (TPSA) is 0 Å². The molecule has 0 aliphatic heterocycles. The predicted molar refractivity (Wildman–Crippen MR) is 51.4 cm³/mol. The Morgan fingerprint density at radius 3 is 2.07 bits per heavy atom. The summed E-state index contributed by atoms with van der Waals surface area (Å²) in [6.45, 7) is 1.96. The van der Waals surface area contributed by atoms with Crippen molar-refractivity contribution in [2.45, 2.75) is 24.2 Å². The molecule has 0 aliphatic rings. The van der Waals surface area contributed by atoms with Gasteiger partial charge in [0.05, 0.1) is 0 Å². The summed E-state index contributed by atoms with van der Waals surface area (Å²) in [7, 11) is 0. The van der Waals surface area contributed by atoms with Gasteiger partial charge in [-0.05, 0) is 0 Å². The molecule has 1 aromatic carbocycles. The van der Waals surface area contributed by atoms with Gasteiger partial charge in [0, 0.05) is 0 Å². The number of hydrogen-bond acceptors (Lipinski definition) is 0. The maximum absolute atomic E-state index is 13.1. The summed E-state index contributed by atoms with van der Waals surface area (Å²) in [5.74, 6) is -4.98. The molecule has 1 aromatic rings. The molecular formula is C10H10F4Sn. The van der Waals surface area contributed by atoms with Crippen molar-refractivity contribution in [3.05, 3.63) is 29.3 Å². The molecule has 0 unspecified atom stereocenters. The van der Waals surface area contributed by atoms with E-state index in [-0.39, 0.29) is 9.65 Å². The van der Waals surface area contributed by atoms with Crippen LogP contribution in [0, 0.1) is 23.3 Å². The van der Waals surface area contributed by atoms with Crippen molar-refractivity contribution in [2.24, 2.45) is 0 Å². The molecular weight excluding hydrogens is 315 g/mol. The average molecular weight is 325 g/mol. The van der Waals surface area contributed by atoms with E-state index in [9.17, 15) is 17.6 Å². The summed E-state index contributed by atoms with van der Waals surface area (Å²) < 4.78 is 52.2. The molecule has 0 saturated carbocycles. The predicted octanol–water partition coefficient (Wildman–Crippen LogP) is 2.79. The van der Waals surface area contributed by atoms with E-state index in [1.54, 1.807) is 0 Å². The summed E-state index contributed by atoms with van der Waals surface area (Å²) in [5.41, 5.74) is 0. The Balaban J connectivity index is 2.94. The van der Waals surface area contributed by atoms with Gasteiger partial charge < -0.3 is 0 Å². The Bertz CT molecular complexity index is 326. The molecule has 0 fully saturated rings. The van der Waals surface area contributed by atoms with Crippen molar-refractivity contribution >= 4 is 24.7 Å². The van der Waals surface area contributed by atoms with Crippen LogP contribution in [0.5, 0.6) is 0 Å². The number of unbranched alkanes of at least 4 members (excludes halogenated alkanes) is 1.